The summed E-state index contributed by atoms with van der Waals surface area (Å²) in [6.45, 7) is 7.43. The Bertz CT molecular complexity index is 441. The highest BCUT2D eigenvalue weighted by molar-refractivity contribution is 5.92. The molecule has 0 unspecified atom stereocenters. The first-order chi connectivity index (χ1) is 9.60. The third-order valence-electron chi connectivity index (χ3n) is 3.60. The number of aliphatic hydroxyl groups is 1. The fraction of sp³-hybridized carbons (Fsp3) is 0.643. The van der Waals surface area contributed by atoms with E-state index < -0.39 is 0 Å². The SMILES string of the molecule is CC[C@H](O)CN1CCN(C(=O)c2cnc(C)cn2)CC1. The van der Waals surface area contributed by atoms with Crippen LogP contribution in [0.2, 0.25) is 0 Å². The van der Waals surface area contributed by atoms with E-state index >= 15 is 0 Å². The van der Waals surface area contributed by atoms with Gasteiger partial charge in [0.25, 0.3) is 5.91 Å². The zero-order valence-electron chi connectivity index (χ0n) is 12.1. The second kappa shape index (κ2) is 6.76. The number of hydrogen-bond acceptors (Lipinski definition) is 5. The van der Waals surface area contributed by atoms with Crippen LogP contribution in [0, 0.1) is 6.92 Å². The minimum Gasteiger partial charge on any atom is -0.392 e. The Balaban J connectivity index is 1.87. The number of aryl methyl sites for hydroxylation is 1. The van der Waals surface area contributed by atoms with Gasteiger partial charge in [-0.3, -0.25) is 14.7 Å². The molecule has 1 aromatic rings. The van der Waals surface area contributed by atoms with E-state index in [1.807, 2.05) is 13.8 Å². The molecule has 20 heavy (non-hydrogen) atoms. The number of piperazine rings is 1. The number of hydrogen-bond donors (Lipinski definition) is 1. The van der Waals surface area contributed by atoms with Gasteiger partial charge in [0.1, 0.15) is 5.69 Å². The largest absolute Gasteiger partial charge is 0.392 e. The number of aliphatic hydroxyl groups excluding tert-OH is 1. The van der Waals surface area contributed by atoms with E-state index in [1.54, 1.807) is 11.1 Å². The zero-order chi connectivity index (χ0) is 14.5. The second-order valence-corrected chi connectivity index (χ2v) is 5.20. The summed E-state index contributed by atoms with van der Waals surface area (Å²) in [6, 6.07) is 0. The highest BCUT2D eigenvalue weighted by Gasteiger charge is 2.23. The topological polar surface area (TPSA) is 69.6 Å². The van der Waals surface area contributed by atoms with Crippen molar-refractivity contribution in [3.05, 3.63) is 23.8 Å². The van der Waals surface area contributed by atoms with E-state index in [-0.39, 0.29) is 12.0 Å². The molecule has 6 nitrogen and oxygen atoms in total. The van der Waals surface area contributed by atoms with Crippen LogP contribution >= 0.6 is 0 Å². The lowest BCUT2D eigenvalue weighted by Gasteiger charge is -2.35. The molecule has 1 N–H and O–H groups in total. The number of carbonyl (C=O) groups excluding carboxylic acids is 1. The molecule has 0 bridgehead atoms. The lowest BCUT2D eigenvalue weighted by atomic mass is 10.2. The van der Waals surface area contributed by atoms with Gasteiger partial charge in [-0.25, -0.2) is 4.98 Å². The first-order valence-corrected chi connectivity index (χ1v) is 7.08. The summed E-state index contributed by atoms with van der Waals surface area (Å²) in [7, 11) is 0. The number of rotatable bonds is 4. The van der Waals surface area contributed by atoms with Crippen LogP contribution in [0.25, 0.3) is 0 Å². The Morgan fingerprint density at radius 3 is 2.55 bits per heavy atom. The molecule has 110 valence electrons. The van der Waals surface area contributed by atoms with Gasteiger partial charge in [-0.1, -0.05) is 6.92 Å². The van der Waals surface area contributed by atoms with E-state index in [4.69, 9.17) is 0 Å². The Hall–Kier alpha value is -1.53. The maximum Gasteiger partial charge on any atom is 0.274 e. The summed E-state index contributed by atoms with van der Waals surface area (Å²) in [5.74, 6) is -0.0619. The highest BCUT2D eigenvalue weighted by atomic mass is 16.3. The van der Waals surface area contributed by atoms with E-state index in [2.05, 4.69) is 14.9 Å². The summed E-state index contributed by atoms with van der Waals surface area (Å²) in [4.78, 5) is 24.5. The maximum atomic E-state index is 12.3. The van der Waals surface area contributed by atoms with Gasteiger partial charge in [0.2, 0.25) is 0 Å². The van der Waals surface area contributed by atoms with E-state index in [9.17, 15) is 9.90 Å². The number of β-amino-alcohol motifs (C(OH)–C–C–N with tert-alkyl or cyclic N) is 1. The Morgan fingerprint density at radius 2 is 2.00 bits per heavy atom. The van der Waals surface area contributed by atoms with Crippen LogP contribution in [-0.2, 0) is 0 Å². The molecule has 1 aromatic heterocycles. The Labute approximate surface area is 119 Å². The molecular formula is C14H22N4O2. The maximum absolute atomic E-state index is 12.3. The smallest absolute Gasteiger partial charge is 0.274 e. The Kier molecular flexibility index (Phi) is 5.03. The summed E-state index contributed by atoms with van der Waals surface area (Å²) in [5.41, 5.74) is 1.21. The molecule has 6 heteroatoms. The molecule has 0 spiro atoms. The minimum atomic E-state index is -0.278. The van der Waals surface area contributed by atoms with E-state index in [0.29, 0.717) is 25.3 Å². The van der Waals surface area contributed by atoms with Crippen molar-refractivity contribution in [1.82, 2.24) is 19.8 Å². The third-order valence-corrected chi connectivity index (χ3v) is 3.60. The first-order valence-electron chi connectivity index (χ1n) is 7.08. The molecule has 0 aliphatic carbocycles. The predicted molar refractivity (Wildman–Crippen MR) is 75.4 cm³/mol. The van der Waals surface area contributed by atoms with Gasteiger partial charge in [-0.15, -0.1) is 0 Å². The van der Waals surface area contributed by atoms with Gasteiger partial charge in [0.05, 0.1) is 18.0 Å². The zero-order valence-corrected chi connectivity index (χ0v) is 12.1. The summed E-state index contributed by atoms with van der Waals surface area (Å²) >= 11 is 0. The normalized spacial score (nSPS) is 18.1. The van der Waals surface area contributed by atoms with Crippen LogP contribution in [0.5, 0.6) is 0 Å². The van der Waals surface area contributed by atoms with Gasteiger partial charge < -0.3 is 10.0 Å². The molecule has 1 atom stereocenters. The molecule has 0 saturated carbocycles. The number of amides is 1. The summed E-state index contributed by atoms with van der Waals surface area (Å²) < 4.78 is 0. The molecule has 0 aromatic carbocycles. The van der Waals surface area contributed by atoms with Crippen molar-refractivity contribution in [2.24, 2.45) is 0 Å². The van der Waals surface area contributed by atoms with Crippen molar-refractivity contribution >= 4 is 5.91 Å². The van der Waals surface area contributed by atoms with Crippen molar-refractivity contribution in [3.63, 3.8) is 0 Å². The van der Waals surface area contributed by atoms with Gasteiger partial charge in [-0.05, 0) is 13.3 Å². The van der Waals surface area contributed by atoms with Gasteiger partial charge in [-0.2, -0.15) is 0 Å². The first kappa shape index (κ1) is 14.9. The quantitative estimate of drug-likeness (QED) is 0.858. The minimum absolute atomic E-state index is 0.0619. The molecule has 0 radical (unpaired) electrons. The fourth-order valence-electron chi connectivity index (χ4n) is 2.23. The van der Waals surface area contributed by atoms with Crippen LogP contribution < -0.4 is 0 Å². The molecule has 1 aliphatic rings. The van der Waals surface area contributed by atoms with Crippen LogP contribution in [0.4, 0.5) is 0 Å². The van der Waals surface area contributed by atoms with Crippen LogP contribution in [0.1, 0.15) is 29.5 Å². The second-order valence-electron chi connectivity index (χ2n) is 5.20. The molecule has 2 heterocycles. The third kappa shape index (κ3) is 3.74. The molecule has 1 aliphatic heterocycles. The highest BCUT2D eigenvalue weighted by Crippen LogP contribution is 2.08. The summed E-state index contributed by atoms with van der Waals surface area (Å²) in [6.07, 6.45) is 3.63. The van der Waals surface area contributed by atoms with Crippen LogP contribution in [-0.4, -0.2) is 69.6 Å². The average Bonchev–Trinajstić information content (AvgIpc) is 2.48. The molecule has 1 fully saturated rings. The molecule has 2 rings (SSSR count). The number of carbonyl (C=O) groups is 1. The lowest BCUT2D eigenvalue weighted by Crippen LogP contribution is -2.50. The van der Waals surface area contributed by atoms with Gasteiger partial charge >= 0.3 is 0 Å². The predicted octanol–water partition coefficient (Wildman–Crippen LogP) is 0.314. The average molecular weight is 278 g/mol. The van der Waals surface area contributed by atoms with Gasteiger partial charge in [0.15, 0.2) is 0 Å². The Morgan fingerprint density at radius 1 is 1.30 bits per heavy atom. The molecular weight excluding hydrogens is 256 g/mol. The lowest BCUT2D eigenvalue weighted by molar-refractivity contribution is 0.0519. The van der Waals surface area contributed by atoms with E-state index in [1.165, 1.54) is 6.20 Å². The van der Waals surface area contributed by atoms with Gasteiger partial charge in [0, 0.05) is 38.9 Å². The van der Waals surface area contributed by atoms with E-state index in [0.717, 1.165) is 25.2 Å². The fourth-order valence-corrected chi connectivity index (χ4v) is 2.23. The van der Waals surface area contributed by atoms with Crippen LogP contribution in [0.3, 0.4) is 0 Å². The van der Waals surface area contributed by atoms with Crippen molar-refractivity contribution in [2.75, 3.05) is 32.7 Å². The summed E-state index contributed by atoms with van der Waals surface area (Å²) in [5, 5.41) is 9.65. The molecule has 1 saturated heterocycles. The molecule has 1 amide bonds. The van der Waals surface area contributed by atoms with Crippen molar-refractivity contribution < 1.29 is 9.90 Å². The number of aromatic nitrogens is 2. The van der Waals surface area contributed by atoms with Crippen molar-refractivity contribution in [2.45, 2.75) is 26.4 Å². The van der Waals surface area contributed by atoms with Crippen LogP contribution in [0.15, 0.2) is 12.4 Å². The van der Waals surface area contributed by atoms with Crippen molar-refractivity contribution in [1.29, 1.82) is 0 Å². The monoisotopic (exact) mass is 278 g/mol. The standard InChI is InChI=1S/C14H22N4O2/c1-3-12(19)10-17-4-6-18(7-5-17)14(20)13-9-15-11(2)8-16-13/h8-9,12,19H,3-7,10H2,1-2H3/t12-/m0/s1. The number of nitrogens with zero attached hydrogens (tertiary/aromatic N) is 4. The van der Waals surface area contributed by atoms with Crippen molar-refractivity contribution in [3.8, 4) is 0 Å².